The van der Waals surface area contributed by atoms with Crippen molar-refractivity contribution in [2.24, 2.45) is 0 Å². The van der Waals surface area contributed by atoms with Crippen molar-refractivity contribution in [1.82, 2.24) is 0 Å². The molecule has 0 aliphatic rings. The van der Waals surface area contributed by atoms with E-state index in [0.29, 0.717) is 0 Å². The molecule has 0 fully saturated rings. The first-order valence-electron chi connectivity index (χ1n) is 0.855. The Kier molecular flexibility index (Phi) is 86.3. The molecule has 0 rings (SSSR count). The second-order valence-electron chi connectivity index (χ2n) is 0.183. The zero-order valence-electron chi connectivity index (χ0n) is 3.12. The van der Waals surface area contributed by atoms with Crippen LogP contribution in [0, 0.1) is 21.3 Å². The van der Waals surface area contributed by atoms with Crippen LogP contribution in [-0.4, -0.2) is 0 Å². The Labute approximate surface area is 64.1 Å². The largest absolute Gasteiger partial charge is 2.00 e. The third-order valence-electron chi connectivity index (χ3n) is 0. The quantitative estimate of drug-likeness (QED) is 0.378. The van der Waals surface area contributed by atoms with Crippen LogP contribution in [0.1, 0.15) is 0 Å². The van der Waals surface area contributed by atoms with Crippen molar-refractivity contribution in [3.63, 3.8) is 0 Å². The van der Waals surface area contributed by atoms with Gasteiger partial charge in [-0.2, -0.15) is 0 Å². The van der Waals surface area contributed by atoms with E-state index < -0.39 is 0 Å². The van der Waals surface area contributed by atoms with Crippen molar-refractivity contribution in [3.05, 3.63) is 0 Å². The van der Waals surface area contributed by atoms with Crippen molar-refractivity contribution in [3.8, 4) is 10.8 Å². The van der Waals surface area contributed by atoms with Crippen molar-refractivity contribution in [2.75, 3.05) is 0 Å². The molecule has 0 atom stereocenters. The molecule has 0 aromatic carbocycles. The molecular weight excluding hydrogens is 168 g/mol. The van der Waals surface area contributed by atoms with Crippen LogP contribution in [0.5, 0.6) is 0 Å². The van der Waals surface area contributed by atoms with Gasteiger partial charge in [-0.3, -0.25) is 0 Å². The Morgan fingerprint density at radius 2 is 1.00 bits per heavy atom. The van der Waals surface area contributed by atoms with E-state index in [9.17, 15) is 0 Å². The summed E-state index contributed by atoms with van der Waals surface area (Å²) in [5, 5.41) is 16.9. The van der Waals surface area contributed by atoms with E-state index >= 15 is 0 Å². The van der Waals surface area contributed by atoms with E-state index in [1.807, 2.05) is 0 Å². The van der Waals surface area contributed by atoms with Gasteiger partial charge in [-0.05, 0) is 0 Å². The molecule has 5 heteroatoms. The maximum Gasteiger partial charge on any atom is 2.00 e. The smallest absolute Gasteiger partial charge is 0.696 e. The van der Waals surface area contributed by atoms with Gasteiger partial charge in [0.15, 0.2) is 0 Å². The SMILES string of the molecule is N#C[S-].N#C[S-].[Cr+2]. The molecule has 0 heterocycles. The first-order valence-corrected chi connectivity index (χ1v) is 1.67. The van der Waals surface area contributed by atoms with Gasteiger partial charge in [-0.1, -0.05) is 10.8 Å². The maximum absolute atomic E-state index is 7.13. The fourth-order valence-electron chi connectivity index (χ4n) is 0. The molecule has 0 spiro atoms. The van der Waals surface area contributed by atoms with Crippen LogP contribution in [0.4, 0.5) is 0 Å². The van der Waals surface area contributed by atoms with E-state index in [4.69, 9.17) is 10.5 Å². The number of hydrogen-bond acceptors (Lipinski definition) is 4. The number of thiocyanates is 2. The summed E-state index contributed by atoms with van der Waals surface area (Å²) in [5.74, 6) is 0. The van der Waals surface area contributed by atoms with Crippen molar-refractivity contribution in [1.29, 1.82) is 10.5 Å². The molecule has 0 unspecified atom stereocenters. The van der Waals surface area contributed by atoms with Crippen LogP contribution in [0.2, 0.25) is 0 Å². The summed E-state index contributed by atoms with van der Waals surface area (Å²) in [4.78, 5) is 0. The summed E-state index contributed by atoms with van der Waals surface area (Å²) < 4.78 is 0. The Morgan fingerprint density at radius 3 is 1.00 bits per heavy atom. The van der Waals surface area contributed by atoms with Gasteiger partial charge in [0.2, 0.25) is 0 Å². The Hall–Kier alpha value is -0.0475. The summed E-state index contributed by atoms with van der Waals surface area (Å²) >= 11 is 7.40. The van der Waals surface area contributed by atoms with Gasteiger partial charge in [-0.15, -0.1) is 0 Å². The van der Waals surface area contributed by atoms with Crippen LogP contribution in [0.3, 0.4) is 0 Å². The molecule has 36 valence electrons. The zero-order chi connectivity index (χ0) is 5.41. The summed E-state index contributed by atoms with van der Waals surface area (Å²) in [6.45, 7) is 0. The molecule has 0 amide bonds. The van der Waals surface area contributed by atoms with Gasteiger partial charge < -0.3 is 25.3 Å². The third kappa shape index (κ3) is 41200. The average molecular weight is 168 g/mol. The monoisotopic (exact) mass is 168 g/mol. The standard InChI is InChI=1S/2CHNS.Cr/c2*2-1-3;/h2*3H;/q;;+2/p-2. The minimum atomic E-state index is 0. The van der Waals surface area contributed by atoms with Gasteiger partial charge >= 0.3 is 17.4 Å². The zero-order valence-corrected chi connectivity index (χ0v) is 6.03. The fraction of sp³-hybridized carbons (Fsp3) is 0. The number of rotatable bonds is 0. The van der Waals surface area contributed by atoms with Gasteiger partial charge in [0.1, 0.15) is 0 Å². The Balaban J connectivity index is -0.0000000400. The summed E-state index contributed by atoms with van der Waals surface area (Å²) in [6, 6.07) is 0. The molecule has 0 aliphatic heterocycles. The molecule has 0 aromatic heterocycles. The van der Waals surface area contributed by atoms with E-state index in [0.717, 1.165) is 0 Å². The van der Waals surface area contributed by atoms with Gasteiger partial charge in [-0.25, -0.2) is 10.5 Å². The Bertz CT molecular complexity index is 68.7. The number of hydrogen-bond donors (Lipinski definition) is 0. The predicted molar refractivity (Wildman–Crippen MR) is 26.0 cm³/mol. The Morgan fingerprint density at radius 1 is 1.00 bits per heavy atom. The molecule has 0 saturated carbocycles. The van der Waals surface area contributed by atoms with Crippen LogP contribution < -0.4 is 0 Å². The second-order valence-corrected chi connectivity index (χ2v) is 0.548. The van der Waals surface area contributed by atoms with E-state index in [1.54, 1.807) is 0 Å². The molecule has 0 bridgehead atoms. The van der Waals surface area contributed by atoms with Crippen LogP contribution in [-0.2, 0) is 42.6 Å². The van der Waals surface area contributed by atoms with Crippen LogP contribution in [0.25, 0.3) is 0 Å². The van der Waals surface area contributed by atoms with Crippen LogP contribution in [0.15, 0.2) is 0 Å². The summed E-state index contributed by atoms with van der Waals surface area (Å²) in [5.41, 5.74) is 0. The third-order valence-corrected chi connectivity index (χ3v) is 0. The minimum absolute atomic E-state index is 0. The summed E-state index contributed by atoms with van der Waals surface area (Å²) in [7, 11) is 0. The van der Waals surface area contributed by atoms with Crippen LogP contribution >= 0.6 is 0 Å². The average Bonchev–Trinajstić information content (AvgIpc) is 1.39. The fourth-order valence-corrected chi connectivity index (χ4v) is 0. The normalized spacial score (nSPS) is 2.00. The molecule has 0 N–H and O–H groups in total. The summed E-state index contributed by atoms with van der Waals surface area (Å²) in [6.07, 6.45) is 0. The van der Waals surface area contributed by atoms with Crippen molar-refractivity contribution in [2.45, 2.75) is 0 Å². The number of nitriles is 2. The first-order chi connectivity index (χ1) is 2.83. The molecule has 0 aromatic rings. The van der Waals surface area contributed by atoms with E-state index in [2.05, 4.69) is 25.3 Å². The molecule has 0 radical (unpaired) electrons. The first kappa shape index (κ1) is 15.8. The number of nitrogens with zero attached hydrogens (tertiary/aromatic N) is 2. The van der Waals surface area contributed by atoms with Crippen molar-refractivity contribution >= 4 is 25.3 Å². The van der Waals surface area contributed by atoms with Gasteiger partial charge in [0, 0.05) is 0 Å². The maximum atomic E-state index is 7.13. The second kappa shape index (κ2) is 38.3. The molecular formula is C2CrN2S2. The molecule has 2 nitrogen and oxygen atoms in total. The van der Waals surface area contributed by atoms with E-state index in [-0.39, 0.29) is 17.4 Å². The topological polar surface area (TPSA) is 47.6 Å². The van der Waals surface area contributed by atoms with E-state index in [1.165, 1.54) is 10.8 Å². The molecule has 7 heavy (non-hydrogen) atoms. The van der Waals surface area contributed by atoms with Gasteiger partial charge in [0.05, 0.1) is 0 Å². The van der Waals surface area contributed by atoms with Crippen molar-refractivity contribution < 1.29 is 17.4 Å². The van der Waals surface area contributed by atoms with Gasteiger partial charge in [0.25, 0.3) is 0 Å². The predicted octanol–water partition coefficient (Wildman–Crippen LogP) is 0.0263. The molecule has 0 saturated heterocycles. The molecule has 0 aliphatic carbocycles. The minimum Gasteiger partial charge on any atom is -0.696 e.